The van der Waals surface area contributed by atoms with Crippen LogP contribution in [0, 0.1) is 5.82 Å². The number of amides is 1. The fourth-order valence-electron chi connectivity index (χ4n) is 4.12. The van der Waals surface area contributed by atoms with Gasteiger partial charge in [0.2, 0.25) is 5.91 Å². The molecular formula is C24H19BrFN3O. The Kier molecular flexibility index (Phi) is 4.87. The summed E-state index contributed by atoms with van der Waals surface area (Å²) in [5.74, 6) is 0.611. The second-order valence-corrected chi connectivity index (χ2v) is 8.43. The Morgan fingerprint density at radius 2 is 1.73 bits per heavy atom. The lowest BCUT2D eigenvalue weighted by atomic mass is 10.1. The molecule has 1 fully saturated rings. The largest absolute Gasteiger partial charge is 0.323 e. The minimum absolute atomic E-state index is 0.0553. The summed E-state index contributed by atoms with van der Waals surface area (Å²) in [6, 6.07) is 22.4. The molecule has 0 saturated carbocycles. The lowest BCUT2D eigenvalue weighted by Crippen LogP contribution is -2.24. The van der Waals surface area contributed by atoms with Crippen LogP contribution >= 0.6 is 15.9 Å². The number of carbonyl (C=O) groups excluding carboxylic acids is 1. The van der Waals surface area contributed by atoms with Crippen molar-refractivity contribution in [3.63, 3.8) is 0 Å². The zero-order valence-corrected chi connectivity index (χ0v) is 17.7. The van der Waals surface area contributed by atoms with Crippen LogP contribution in [0.25, 0.3) is 11.0 Å². The van der Waals surface area contributed by atoms with Crippen molar-refractivity contribution in [3.8, 4) is 0 Å². The Bertz CT molecular complexity index is 1230. The average molecular weight is 464 g/mol. The van der Waals surface area contributed by atoms with Gasteiger partial charge in [0.1, 0.15) is 11.6 Å². The minimum Gasteiger partial charge on any atom is -0.323 e. The number of nitrogens with zero attached hydrogens (tertiary/aromatic N) is 3. The Hall–Kier alpha value is -2.99. The molecule has 1 amide bonds. The highest BCUT2D eigenvalue weighted by Gasteiger charge is 2.35. The first-order chi connectivity index (χ1) is 14.6. The van der Waals surface area contributed by atoms with Crippen LogP contribution in [0.2, 0.25) is 0 Å². The number of hydrogen-bond donors (Lipinski definition) is 0. The van der Waals surface area contributed by atoms with Crippen LogP contribution in [0.3, 0.4) is 0 Å². The molecule has 2 heterocycles. The summed E-state index contributed by atoms with van der Waals surface area (Å²) in [6.45, 7) is 0.937. The summed E-state index contributed by atoms with van der Waals surface area (Å²) in [5, 5.41) is 0. The number of halogens is 2. The quantitative estimate of drug-likeness (QED) is 0.400. The van der Waals surface area contributed by atoms with Gasteiger partial charge in [-0.15, -0.1) is 0 Å². The van der Waals surface area contributed by atoms with Crippen LogP contribution in [0.5, 0.6) is 0 Å². The summed E-state index contributed by atoms with van der Waals surface area (Å²) < 4.78 is 17.4. The predicted octanol–water partition coefficient (Wildman–Crippen LogP) is 5.51. The molecule has 0 bridgehead atoms. The molecule has 1 saturated heterocycles. The fourth-order valence-corrected chi connectivity index (χ4v) is 4.38. The van der Waals surface area contributed by atoms with Gasteiger partial charge in [0.05, 0.1) is 17.6 Å². The minimum atomic E-state index is -0.236. The first-order valence-corrected chi connectivity index (χ1v) is 10.6. The Morgan fingerprint density at radius 1 is 1.00 bits per heavy atom. The summed E-state index contributed by atoms with van der Waals surface area (Å²) in [4.78, 5) is 19.5. The average Bonchev–Trinajstić information content (AvgIpc) is 3.31. The number of aromatic nitrogens is 2. The maximum Gasteiger partial charge on any atom is 0.227 e. The van der Waals surface area contributed by atoms with E-state index in [2.05, 4.69) is 20.5 Å². The van der Waals surface area contributed by atoms with Crippen molar-refractivity contribution in [3.05, 3.63) is 94.5 Å². The third-order valence-electron chi connectivity index (χ3n) is 5.60. The predicted molar refractivity (Wildman–Crippen MR) is 119 cm³/mol. The fraction of sp³-hybridized carbons (Fsp3) is 0.167. The molecule has 5 rings (SSSR count). The van der Waals surface area contributed by atoms with Crippen LogP contribution in [0.1, 0.15) is 23.7 Å². The monoisotopic (exact) mass is 463 g/mol. The summed E-state index contributed by atoms with van der Waals surface area (Å²) in [5.41, 5.74) is 3.29. The highest BCUT2D eigenvalue weighted by Crippen LogP contribution is 2.34. The first kappa shape index (κ1) is 19.0. The smallest absolute Gasteiger partial charge is 0.227 e. The Balaban J connectivity index is 1.53. The SMILES string of the molecule is O=C1CC(c2nc3ccccc3n2Cc2ccccc2F)CN1c1ccc(Br)cc1. The van der Waals surface area contributed by atoms with Crippen LogP contribution in [0.15, 0.2) is 77.3 Å². The molecule has 0 N–H and O–H groups in total. The molecule has 6 heteroatoms. The second kappa shape index (κ2) is 7.69. The van der Waals surface area contributed by atoms with Crippen molar-refractivity contribution in [1.29, 1.82) is 0 Å². The maximum atomic E-state index is 14.4. The molecule has 30 heavy (non-hydrogen) atoms. The molecule has 1 aromatic heterocycles. The van der Waals surface area contributed by atoms with Gasteiger partial charge >= 0.3 is 0 Å². The molecule has 1 aliphatic rings. The van der Waals surface area contributed by atoms with Crippen LogP contribution in [-0.4, -0.2) is 22.0 Å². The van der Waals surface area contributed by atoms with Crippen LogP contribution in [0.4, 0.5) is 10.1 Å². The van der Waals surface area contributed by atoms with E-state index in [1.807, 2.05) is 59.5 Å². The number of para-hydroxylation sites is 2. The molecule has 1 unspecified atom stereocenters. The molecule has 1 atom stereocenters. The van der Waals surface area contributed by atoms with Crippen molar-refractivity contribution in [2.24, 2.45) is 0 Å². The number of anilines is 1. The highest BCUT2D eigenvalue weighted by molar-refractivity contribution is 9.10. The van der Waals surface area contributed by atoms with Crippen LogP contribution < -0.4 is 4.90 Å². The molecule has 4 nitrogen and oxygen atoms in total. The Morgan fingerprint density at radius 3 is 2.53 bits per heavy atom. The van der Waals surface area contributed by atoms with E-state index < -0.39 is 0 Å². The van der Waals surface area contributed by atoms with Gasteiger partial charge in [-0.2, -0.15) is 0 Å². The number of imidazole rings is 1. The summed E-state index contributed by atoms with van der Waals surface area (Å²) in [6.07, 6.45) is 0.386. The van der Waals surface area contributed by atoms with E-state index >= 15 is 0 Å². The highest BCUT2D eigenvalue weighted by atomic mass is 79.9. The topological polar surface area (TPSA) is 38.1 Å². The third-order valence-corrected chi connectivity index (χ3v) is 6.13. The van der Waals surface area contributed by atoms with Crippen LogP contribution in [-0.2, 0) is 11.3 Å². The van der Waals surface area contributed by atoms with Gasteiger partial charge in [-0.25, -0.2) is 9.37 Å². The lowest BCUT2D eigenvalue weighted by molar-refractivity contribution is -0.117. The molecule has 1 aliphatic heterocycles. The lowest BCUT2D eigenvalue weighted by Gasteiger charge is -2.17. The molecule has 3 aromatic carbocycles. The van der Waals surface area contributed by atoms with Crippen molar-refractivity contribution in [1.82, 2.24) is 9.55 Å². The van der Waals surface area contributed by atoms with Gasteiger partial charge < -0.3 is 9.47 Å². The van der Waals surface area contributed by atoms with Crippen molar-refractivity contribution in [2.45, 2.75) is 18.9 Å². The number of benzene rings is 3. The van der Waals surface area contributed by atoms with Gasteiger partial charge in [0, 0.05) is 34.6 Å². The number of fused-ring (bicyclic) bond motifs is 1. The van der Waals surface area contributed by atoms with E-state index in [1.165, 1.54) is 6.07 Å². The number of carbonyl (C=O) groups is 1. The summed E-state index contributed by atoms with van der Waals surface area (Å²) in [7, 11) is 0. The Labute approximate surface area is 182 Å². The van der Waals surface area contributed by atoms with Gasteiger partial charge in [-0.05, 0) is 42.5 Å². The third kappa shape index (κ3) is 3.41. The standard InChI is InChI=1S/C24H19BrFN3O/c25-18-9-11-19(12-10-18)28-15-17(13-23(28)30)24-27-21-7-3-4-8-22(21)29(24)14-16-5-1-2-6-20(16)26/h1-12,17H,13-15H2. The van der Waals surface area contributed by atoms with Crippen molar-refractivity contribution >= 4 is 38.6 Å². The first-order valence-electron chi connectivity index (χ1n) is 9.84. The molecule has 150 valence electrons. The van der Waals surface area contributed by atoms with E-state index in [0.29, 0.717) is 25.1 Å². The van der Waals surface area contributed by atoms with Gasteiger partial charge in [0.15, 0.2) is 0 Å². The van der Waals surface area contributed by atoms with Gasteiger partial charge in [-0.1, -0.05) is 46.3 Å². The van der Waals surface area contributed by atoms with Crippen molar-refractivity contribution in [2.75, 3.05) is 11.4 Å². The van der Waals surface area contributed by atoms with E-state index in [1.54, 1.807) is 12.1 Å². The molecule has 4 aromatic rings. The van der Waals surface area contributed by atoms with Gasteiger partial charge in [0.25, 0.3) is 0 Å². The zero-order chi connectivity index (χ0) is 20.7. The summed E-state index contributed by atoms with van der Waals surface area (Å²) >= 11 is 3.44. The van der Waals surface area contributed by atoms with E-state index in [-0.39, 0.29) is 17.6 Å². The normalized spacial score (nSPS) is 16.5. The van der Waals surface area contributed by atoms with Gasteiger partial charge in [-0.3, -0.25) is 4.79 Å². The molecule has 0 radical (unpaired) electrons. The maximum absolute atomic E-state index is 14.4. The molecule has 0 aliphatic carbocycles. The number of hydrogen-bond acceptors (Lipinski definition) is 2. The van der Waals surface area contributed by atoms with E-state index in [0.717, 1.165) is 27.0 Å². The van der Waals surface area contributed by atoms with E-state index in [9.17, 15) is 9.18 Å². The molecule has 0 spiro atoms. The second-order valence-electron chi connectivity index (χ2n) is 7.52. The molecular weight excluding hydrogens is 445 g/mol. The zero-order valence-electron chi connectivity index (χ0n) is 16.1. The van der Waals surface area contributed by atoms with E-state index in [4.69, 9.17) is 4.98 Å². The van der Waals surface area contributed by atoms with Crippen molar-refractivity contribution < 1.29 is 9.18 Å². The number of rotatable bonds is 4.